The van der Waals surface area contributed by atoms with Crippen molar-refractivity contribution in [1.82, 2.24) is 0 Å². The molecule has 1 N–H and O–H groups in total. The average Bonchev–Trinajstić information content (AvgIpc) is 2.53. The molecule has 2 nitrogen and oxygen atoms in total. The van der Waals surface area contributed by atoms with Gasteiger partial charge in [0, 0.05) is 16.8 Å². The fraction of sp³-hybridized carbons (Fsp3) is 0.458. The minimum absolute atomic E-state index is 0.0343. The molecule has 0 spiro atoms. The molecule has 2 aromatic carbocycles. The molecule has 0 radical (unpaired) electrons. The van der Waals surface area contributed by atoms with Gasteiger partial charge in [-0.1, -0.05) is 85.2 Å². The SMILES string of the molecule is CC(C)c1cc(Cl)cc(C=Nc2c(C(C)(C)C)cccc2C(C)(C)C)c1O. The summed E-state index contributed by atoms with van der Waals surface area (Å²) in [5, 5.41) is 11.3. The van der Waals surface area contributed by atoms with E-state index in [1.165, 1.54) is 11.1 Å². The molecule has 0 unspecified atom stereocenters. The normalized spacial score (nSPS) is 13.0. The van der Waals surface area contributed by atoms with Crippen LogP contribution in [-0.2, 0) is 10.8 Å². The molecule has 0 aromatic heterocycles. The summed E-state index contributed by atoms with van der Waals surface area (Å²) in [7, 11) is 0. The maximum Gasteiger partial charge on any atom is 0.127 e. The van der Waals surface area contributed by atoms with Gasteiger partial charge in [0.15, 0.2) is 0 Å². The number of aliphatic imine (C=N–C) groups is 1. The van der Waals surface area contributed by atoms with E-state index in [0.717, 1.165) is 11.3 Å². The summed E-state index contributed by atoms with van der Waals surface area (Å²) in [4.78, 5) is 4.87. The Hall–Kier alpha value is -1.80. The van der Waals surface area contributed by atoms with Crippen molar-refractivity contribution in [3.8, 4) is 5.75 Å². The lowest BCUT2D eigenvalue weighted by Crippen LogP contribution is -2.17. The van der Waals surface area contributed by atoms with Gasteiger partial charge in [-0.3, -0.25) is 4.99 Å². The van der Waals surface area contributed by atoms with Gasteiger partial charge in [0.25, 0.3) is 0 Å². The quantitative estimate of drug-likeness (QED) is 0.544. The second-order valence-corrected chi connectivity index (χ2v) is 9.98. The minimum atomic E-state index is -0.0343. The van der Waals surface area contributed by atoms with Crippen LogP contribution in [0.4, 0.5) is 5.69 Å². The van der Waals surface area contributed by atoms with Crippen LogP contribution in [0.25, 0.3) is 0 Å². The van der Waals surface area contributed by atoms with Crippen molar-refractivity contribution in [2.24, 2.45) is 4.99 Å². The van der Waals surface area contributed by atoms with Gasteiger partial charge >= 0.3 is 0 Å². The highest BCUT2D eigenvalue weighted by molar-refractivity contribution is 6.31. The second-order valence-electron chi connectivity index (χ2n) is 9.55. The highest BCUT2D eigenvalue weighted by Gasteiger charge is 2.25. The Labute approximate surface area is 169 Å². The van der Waals surface area contributed by atoms with Crippen LogP contribution < -0.4 is 0 Å². The van der Waals surface area contributed by atoms with Crippen LogP contribution in [0.1, 0.15) is 83.6 Å². The lowest BCUT2D eigenvalue weighted by atomic mass is 9.79. The van der Waals surface area contributed by atoms with Crippen LogP contribution in [0, 0.1) is 0 Å². The topological polar surface area (TPSA) is 32.6 Å². The van der Waals surface area contributed by atoms with E-state index in [1.54, 1.807) is 12.3 Å². The number of halogens is 1. The molecule has 3 heteroatoms. The van der Waals surface area contributed by atoms with Crippen LogP contribution in [0.2, 0.25) is 5.02 Å². The van der Waals surface area contributed by atoms with Crippen LogP contribution >= 0.6 is 11.6 Å². The molecule has 0 saturated carbocycles. The van der Waals surface area contributed by atoms with Crippen molar-refractivity contribution in [2.45, 2.75) is 72.1 Å². The van der Waals surface area contributed by atoms with E-state index in [0.29, 0.717) is 10.6 Å². The third kappa shape index (κ3) is 4.93. The predicted molar refractivity (Wildman–Crippen MR) is 118 cm³/mol. The number of benzene rings is 2. The Kier molecular flexibility index (Phi) is 6.11. The number of hydrogen-bond acceptors (Lipinski definition) is 2. The number of aromatic hydroxyl groups is 1. The molecule has 0 atom stereocenters. The lowest BCUT2D eigenvalue weighted by molar-refractivity contribution is 0.464. The predicted octanol–water partition coefficient (Wildman–Crippen LogP) is 7.51. The highest BCUT2D eigenvalue weighted by atomic mass is 35.5. The van der Waals surface area contributed by atoms with E-state index in [1.807, 2.05) is 19.9 Å². The molecule has 0 bridgehead atoms. The van der Waals surface area contributed by atoms with Crippen molar-refractivity contribution in [3.63, 3.8) is 0 Å². The van der Waals surface area contributed by atoms with Gasteiger partial charge in [-0.05, 0) is 45.6 Å². The summed E-state index contributed by atoms with van der Waals surface area (Å²) < 4.78 is 0. The maximum absolute atomic E-state index is 10.7. The fourth-order valence-electron chi connectivity index (χ4n) is 3.21. The molecule has 0 saturated heterocycles. The number of phenols is 1. The molecular formula is C24H32ClNO. The van der Waals surface area contributed by atoms with Crippen molar-refractivity contribution in [2.75, 3.05) is 0 Å². The molecule has 146 valence electrons. The second kappa shape index (κ2) is 7.67. The fourth-order valence-corrected chi connectivity index (χ4v) is 3.44. The Morgan fingerprint density at radius 2 is 1.48 bits per heavy atom. The molecule has 0 heterocycles. The summed E-state index contributed by atoms with van der Waals surface area (Å²) in [5.41, 5.74) is 4.77. The zero-order valence-electron chi connectivity index (χ0n) is 17.8. The van der Waals surface area contributed by atoms with Crippen molar-refractivity contribution in [3.05, 3.63) is 57.6 Å². The largest absolute Gasteiger partial charge is 0.507 e. The van der Waals surface area contributed by atoms with Gasteiger partial charge in [-0.15, -0.1) is 0 Å². The Balaban J connectivity index is 2.67. The first-order chi connectivity index (χ1) is 12.3. The summed E-state index contributed by atoms with van der Waals surface area (Å²) >= 11 is 6.28. The van der Waals surface area contributed by atoms with E-state index in [4.69, 9.17) is 16.6 Å². The molecule has 2 rings (SSSR count). The zero-order valence-corrected chi connectivity index (χ0v) is 18.6. The number of phenolic OH excluding ortho intramolecular Hbond substituents is 1. The molecular weight excluding hydrogens is 354 g/mol. The summed E-state index contributed by atoms with van der Waals surface area (Å²) in [6, 6.07) is 9.97. The molecule has 0 fully saturated rings. The van der Waals surface area contributed by atoms with Gasteiger partial charge in [0.1, 0.15) is 5.75 Å². The van der Waals surface area contributed by atoms with E-state index in [9.17, 15) is 5.11 Å². The van der Waals surface area contributed by atoms with Crippen molar-refractivity contribution < 1.29 is 5.11 Å². The standard InChI is InChI=1S/C24H32ClNO/c1-15(2)18-13-17(25)12-16(22(18)27)14-26-21-19(23(3,4)5)10-9-11-20(21)24(6,7)8/h9-15,27H,1-8H3. The lowest BCUT2D eigenvalue weighted by Gasteiger charge is -2.28. The first kappa shape index (κ1) is 21.5. The van der Waals surface area contributed by atoms with Gasteiger partial charge < -0.3 is 5.11 Å². The van der Waals surface area contributed by atoms with Crippen molar-refractivity contribution in [1.29, 1.82) is 0 Å². The molecule has 27 heavy (non-hydrogen) atoms. The Morgan fingerprint density at radius 3 is 1.93 bits per heavy atom. The monoisotopic (exact) mass is 385 g/mol. The first-order valence-corrected chi connectivity index (χ1v) is 9.90. The number of rotatable bonds is 3. The summed E-state index contributed by atoms with van der Waals surface area (Å²) in [5.74, 6) is 0.437. The molecule has 0 aliphatic carbocycles. The van der Waals surface area contributed by atoms with E-state index in [2.05, 4.69) is 59.7 Å². The summed E-state index contributed by atoms with van der Waals surface area (Å²) in [6.07, 6.45) is 1.74. The van der Waals surface area contributed by atoms with Crippen LogP contribution in [0.5, 0.6) is 5.75 Å². The van der Waals surface area contributed by atoms with Gasteiger partial charge in [-0.2, -0.15) is 0 Å². The summed E-state index contributed by atoms with van der Waals surface area (Å²) in [6.45, 7) is 17.3. The third-order valence-electron chi connectivity index (χ3n) is 4.74. The maximum atomic E-state index is 10.7. The number of nitrogens with zero attached hydrogens (tertiary/aromatic N) is 1. The molecule has 0 aliphatic heterocycles. The van der Waals surface area contributed by atoms with E-state index in [-0.39, 0.29) is 22.5 Å². The first-order valence-electron chi connectivity index (χ1n) is 9.53. The smallest absolute Gasteiger partial charge is 0.127 e. The van der Waals surface area contributed by atoms with Gasteiger partial charge in [0.05, 0.1) is 5.69 Å². The van der Waals surface area contributed by atoms with E-state index < -0.39 is 0 Å². The third-order valence-corrected chi connectivity index (χ3v) is 4.96. The zero-order chi connectivity index (χ0) is 20.6. The van der Waals surface area contributed by atoms with Gasteiger partial charge in [-0.25, -0.2) is 0 Å². The van der Waals surface area contributed by atoms with Crippen molar-refractivity contribution >= 4 is 23.5 Å². The van der Waals surface area contributed by atoms with Crippen LogP contribution in [-0.4, -0.2) is 11.3 Å². The Morgan fingerprint density at radius 1 is 0.963 bits per heavy atom. The molecule has 0 amide bonds. The Bertz CT molecular complexity index is 820. The number of hydrogen-bond donors (Lipinski definition) is 1. The van der Waals surface area contributed by atoms with E-state index >= 15 is 0 Å². The van der Waals surface area contributed by atoms with Crippen LogP contribution in [0.15, 0.2) is 35.3 Å². The van der Waals surface area contributed by atoms with Crippen LogP contribution in [0.3, 0.4) is 0 Å². The number of para-hydroxylation sites is 1. The molecule has 0 aliphatic rings. The molecule has 2 aromatic rings. The average molecular weight is 386 g/mol. The van der Waals surface area contributed by atoms with Gasteiger partial charge in [0.2, 0.25) is 0 Å². The highest BCUT2D eigenvalue weighted by Crippen LogP contribution is 2.40. The minimum Gasteiger partial charge on any atom is -0.507 e.